The quantitative estimate of drug-likeness (QED) is 0.356. The van der Waals surface area contributed by atoms with Crippen LogP contribution in [0.5, 0.6) is 5.75 Å². The Hall–Kier alpha value is -3.53. The highest BCUT2D eigenvalue weighted by atomic mass is 19.1. The molecule has 0 unspecified atom stereocenters. The van der Waals surface area contributed by atoms with Crippen LogP contribution in [0.25, 0.3) is 22.3 Å². The molecule has 3 aromatic rings. The summed E-state index contributed by atoms with van der Waals surface area (Å²) in [6.45, 7) is 5.46. The van der Waals surface area contributed by atoms with Crippen LogP contribution >= 0.6 is 0 Å². The molecular formula is C28H34FN5O4. The van der Waals surface area contributed by atoms with Crippen LogP contribution in [0.2, 0.25) is 0 Å². The number of aromatic nitrogens is 3. The van der Waals surface area contributed by atoms with Crippen molar-refractivity contribution in [2.45, 2.75) is 77.5 Å². The van der Waals surface area contributed by atoms with Crippen LogP contribution in [0.4, 0.5) is 4.39 Å². The Balaban J connectivity index is 1.38. The third-order valence-corrected chi connectivity index (χ3v) is 7.49. The van der Waals surface area contributed by atoms with Crippen molar-refractivity contribution in [1.29, 1.82) is 0 Å². The number of hydrogen-bond donors (Lipinski definition) is 4. The fraction of sp³-hybridized carbons (Fsp3) is 0.500. The van der Waals surface area contributed by atoms with E-state index in [0.717, 1.165) is 12.8 Å². The van der Waals surface area contributed by atoms with Crippen LogP contribution in [0, 0.1) is 25.6 Å². The van der Waals surface area contributed by atoms with Gasteiger partial charge in [-0.15, -0.1) is 0 Å². The van der Waals surface area contributed by atoms with Gasteiger partial charge < -0.3 is 25.5 Å². The van der Waals surface area contributed by atoms with Crippen molar-refractivity contribution < 1.29 is 23.8 Å². The molecule has 2 aromatic heterocycles. The van der Waals surface area contributed by atoms with Crippen molar-refractivity contribution in [3.8, 4) is 17.0 Å². The van der Waals surface area contributed by atoms with E-state index in [1.54, 1.807) is 26.0 Å². The topological polar surface area (TPSA) is 129 Å². The molecule has 2 aliphatic carbocycles. The van der Waals surface area contributed by atoms with Gasteiger partial charge in [-0.3, -0.25) is 9.59 Å². The van der Waals surface area contributed by atoms with E-state index in [4.69, 9.17) is 4.74 Å². The van der Waals surface area contributed by atoms with Crippen LogP contribution in [0.1, 0.15) is 67.1 Å². The molecule has 2 saturated carbocycles. The number of rotatable bonds is 8. The Morgan fingerprint density at radius 1 is 1.11 bits per heavy atom. The van der Waals surface area contributed by atoms with Gasteiger partial charge in [-0.25, -0.2) is 14.4 Å². The molecule has 38 heavy (non-hydrogen) atoms. The molecule has 0 radical (unpaired) electrons. The van der Waals surface area contributed by atoms with Gasteiger partial charge in [-0.2, -0.15) is 0 Å². The number of nitrogens with zero attached hydrogens (tertiary/aromatic N) is 2. The number of H-pyrrole nitrogens is 1. The highest BCUT2D eigenvalue weighted by molar-refractivity contribution is 6.09. The molecule has 2 heterocycles. The van der Waals surface area contributed by atoms with Gasteiger partial charge in [0.15, 0.2) is 0 Å². The third-order valence-electron chi connectivity index (χ3n) is 7.49. The van der Waals surface area contributed by atoms with E-state index in [1.165, 1.54) is 13.3 Å². The zero-order valence-corrected chi connectivity index (χ0v) is 21.9. The third kappa shape index (κ3) is 5.36. The van der Waals surface area contributed by atoms with E-state index < -0.39 is 11.9 Å². The summed E-state index contributed by atoms with van der Waals surface area (Å²) >= 11 is 0. The monoisotopic (exact) mass is 523 g/mol. The van der Waals surface area contributed by atoms with E-state index in [0.29, 0.717) is 77.5 Å². The number of aryl methyl sites for hydroxylation is 2. The Kier molecular flexibility index (Phi) is 7.34. The maximum Gasteiger partial charge on any atom is 0.255 e. The number of benzene rings is 1. The summed E-state index contributed by atoms with van der Waals surface area (Å²) in [5, 5.41) is 15.4. The van der Waals surface area contributed by atoms with Crippen LogP contribution in [0.15, 0.2) is 18.5 Å². The first-order valence-electron chi connectivity index (χ1n) is 13.3. The summed E-state index contributed by atoms with van der Waals surface area (Å²) in [4.78, 5) is 37.2. The minimum Gasteiger partial charge on any atom is -0.492 e. The van der Waals surface area contributed by atoms with Gasteiger partial charge >= 0.3 is 0 Å². The number of ether oxygens (including phenoxy) is 1. The summed E-state index contributed by atoms with van der Waals surface area (Å²) in [6.07, 6.45) is 5.37. The number of carbonyl (C=O) groups is 2. The number of nitrogens with one attached hydrogen (secondary N) is 3. The molecular weight excluding hydrogens is 489 g/mol. The maximum absolute atomic E-state index is 15.5. The number of halogens is 1. The van der Waals surface area contributed by atoms with E-state index >= 15 is 4.39 Å². The van der Waals surface area contributed by atoms with Gasteiger partial charge in [0, 0.05) is 17.8 Å². The average molecular weight is 524 g/mol. The number of carbonyl (C=O) groups excluding carboxylic acids is 2. The number of hydrogen-bond acceptors (Lipinski definition) is 6. The summed E-state index contributed by atoms with van der Waals surface area (Å²) in [5.41, 5.74) is 3.04. The van der Waals surface area contributed by atoms with E-state index in [2.05, 4.69) is 25.6 Å². The largest absolute Gasteiger partial charge is 0.492 e. The number of aliphatic hydroxyl groups excluding tert-OH is 1. The van der Waals surface area contributed by atoms with E-state index in [-0.39, 0.29) is 29.5 Å². The highest BCUT2D eigenvalue weighted by Gasteiger charge is 2.29. The predicted octanol–water partition coefficient (Wildman–Crippen LogP) is 3.71. The van der Waals surface area contributed by atoms with Crippen LogP contribution in [-0.4, -0.2) is 56.7 Å². The lowest BCUT2D eigenvalue weighted by atomic mass is 9.90. The highest BCUT2D eigenvalue weighted by Crippen LogP contribution is 2.39. The Bertz CT molecular complexity index is 1360. The molecule has 202 valence electrons. The first kappa shape index (κ1) is 26.1. The number of aromatic amines is 1. The Labute approximate surface area is 220 Å². The molecule has 0 saturated heterocycles. The van der Waals surface area contributed by atoms with Crippen molar-refractivity contribution in [1.82, 2.24) is 25.6 Å². The molecule has 2 amide bonds. The zero-order chi connectivity index (χ0) is 27.0. The molecule has 0 bridgehead atoms. The van der Waals surface area contributed by atoms with Crippen LogP contribution < -0.4 is 15.4 Å². The Morgan fingerprint density at radius 3 is 2.45 bits per heavy atom. The fourth-order valence-corrected chi connectivity index (χ4v) is 5.05. The van der Waals surface area contributed by atoms with Crippen LogP contribution in [-0.2, 0) is 4.79 Å². The number of aliphatic hydroxyl groups is 1. The molecule has 1 aromatic carbocycles. The first-order chi connectivity index (χ1) is 18.2. The lowest BCUT2D eigenvalue weighted by Crippen LogP contribution is -2.46. The molecule has 9 nitrogen and oxygen atoms in total. The molecule has 0 spiro atoms. The Morgan fingerprint density at radius 2 is 1.79 bits per heavy atom. The number of fused-ring (bicyclic) bond motifs is 1. The fourth-order valence-electron chi connectivity index (χ4n) is 5.05. The van der Waals surface area contributed by atoms with Gasteiger partial charge in [0.2, 0.25) is 5.91 Å². The lowest BCUT2D eigenvalue weighted by molar-refractivity contribution is -0.129. The molecule has 0 aliphatic heterocycles. The molecule has 2 aliphatic rings. The molecule has 2 fully saturated rings. The van der Waals surface area contributed by atoms with Gasteiger partial charge in [-0.05, 0) is 76.8 Å². The standard InChI is InChI=1S/C28H34FN5O4/c1-14-4-11-20(38-12-17-5-6-17)22(23(14)29)25-26-24(30-13-31-25)21(15(2)32-26)28(37)34-19-9-7-18(8-10-19)33-27(36)16(3)35/h4,11,13,16-19,32,35H,5-10,12H2,1-3H3,(H,33,36)(H,34,37)/t16-,18-,19+/m0/s1. The summed E-state index contributed by atoms with van der Waals surface area (Å²) in [6, 6.07) is 3.40. The van der Waals surface area contributed by atoms with Crippen molar-refractivity contribution in [3.05, 3.63) is 41.1 Å². The van der Waals surface area contributed by atoms with E-state index in [1.807, 2.05) is 0 Å². The lowest BCUT2D eigenvalue weighted by Gasteiger charge is -2.30. The molecule has 5 rings (SSSR count). The second-order valence-electron chi connectivity index (χ2n) is 10.6. The summed E-state index contributed by atoms with van der Waals surface area (Å²) in [5.74, 6) is -0.114. The SMILES string of the molecule is Cc1ccc(OCC2CC2)c(-c2ncnc3c(C(=O)N[C@H]4CC[C@@H](NC(=O)[C@H](C)O)CC4)c(C)[nH]c23)c1F. The van der Waals surface area contributed by atoms with Gasteiger partial charge in [0.05, 0.1) is 23.3 Å². The average Bonchev–Trinajstić information content (AvgIpc) is 3.65. The smallest absolute Gasteiger partial charge is 0.255 e. The van der Waals surface area contributed by atoms with E-state index in [9.17, 15) is 14.7 Å². The van der Waals surface area contributed by atoms with Crippen molar-refractivity contribution in [2.75, 3.05) is 6.61 Å². The maximum atomic E-state index is 15.5. The second-order valence-corrected chi connectivity index (χ2v) is 10.6. The second kappa shape index (κ2) is 10.7. The minimum atomic E-state index is -1.04. The van der Waals surface area contributed by atoms with Crippen LogP contribution in [0.3, 0.4) is 0 Å². The van der Waals surface area contributed by atoms with Gasteiger partial charge in [0.25, 0.3) is 5.91 Å². The summed E-state index contributed by atoms with van der Waals surface area (Å²) < 4.78 is 21.5. The molecule has 4 N–H and O–H groups in total. The van der Waals surface area contributed by atoms with Crippen molar-refractivity contribution in [2.24, 2.45) is 5.92 Å². The molecule has 10 heteroatoms. The normalized spacial score (nSPS) is 20.2. The van der Waals surface area contributed by atoms with Crippen molar-refractivity contribution in [3.63, 3.8) is 0 Å². The predicted molar refractivity (Wildman–Crippen MR) is 140 cm³/mol. The number of amides is 2. The summed E-state index contributed by atoms with van der Waals surface area (Å²) in [7, 11) is 0. The minimum absolute atomic E-state index is 0.0177. The van der Waals surface area contributed by atoms with Gasteiger partial charge in [0.1, 0.15) is 35.2 Å². The van der Waals surface area contributed by atoms with Crippen molar-refractivity contribution >= 4 is 22.8 Å². The molecule has 1 atom stereocenters. The first-order valence-corrected chi connectivity index (χ1v) is 13.3. The van der Waals surface area contributed by atoms with Gasteiger partial charge in [-0.1, -0.05) is 6.07 Å². The zero-order valence-electron chi connectivity index (χ0n) is 21.9.